The van der Waals surface area contributed by atoms with E-state index in [2.05, 4.69) is 10.3 Å². The Hall–Kier alpha value is -2.57. The number of aryl methyl sites for hydroxylation is 1. The largest absolute Gasteiger partial charge is 0.478 e. The van der Waals surface area contributed by atoms with Crippen molar-refractivity contribution in [2.45, 2.75) is 6.92 Å². The van der Waals surface area contributed by atoms with Crippen LogP contribution >= 0.6 is 0 Å². The molecule has 2 aromatic rings. The van der Waals surface area contributed by atoms with E-state index in [-0.39, 0.29) is 12.2 Å². The van der Waals surface area contributed by atoms with E-state index < -0.39 is 12.1 Å². The molecule has 0 aliphatic heterocycles. The standard InChI is InChI=1S/C12H13N3O4/c1-3-19-12(18)14-7-4-8(11(16)17)10-9(5-7)13-6-15(10)2/h4-6H,3H2,1-2H3,(H,14,18)(H,16,17). The quantitative estimate of drug-likeness (QED) is 0.881. The van der Waals surface area contributed by atoms with Gasteiger partial charge in [0.25, 0.3) is 0 Å². The molecule has 1 amide bonds. The summed E-state index contributed by atoms with van der Waals surface area (Å²) >= 11 is 0. The highest BCUT2D eigenvalue weighted by Gasteiger charge is 2.15. The Morgan fingerprint density at radius 1 is 1.47 bits per heavy atom. The predicted molar refractivity (Wildman–Crippen MR) is 68.3 cm³/mol. The molecule has 1 aromatic heterocycles. The van der Waals surface area contributed by atoms with Gasteiger partial charge in [0.2, 0.25) is 0 Å². The molecule has 0 radical (unpaired) electrons. The van der Waals surface area contributed by atoms with E-state index in [9.17, 15) is 14.7 Å². The molecule has 2 N–H and O–H groups in total. The topological polar surface area (TPSA) is 93.4 Å². The Balaban J connectivity index is 2.47. The minimum atomic E-state index is -1.08. The lowest BCUT2D eigenvalue weighted by Gasteiger charge is -2.07. The van der Waals surface area contributed by atoms with Crippen molar-refractivity contribution in [3.8, 4) is 0 Å². The molecular formula is C12H13N3O4. The Morgan fingerprint density at radius 3 is 2.84 bits per heavy atom. The van der Waals surface area contributed by atoms with Crippen molar-refractivity contribution in [3.63, 3.8) is 0 Å². The monoisotopic (exact) mass is 263 g/mol. The number of carboxylic acids is 1. The maximum Gasteiger partial charge on any atom is 0.411 e. The number of benzene rings is 1. The normalized spacial score (nSPS) is 10.4. The zero-order valence-corrected chi connectivity index (χ0v) is 10.5. The van der Waals surface area contributed by atoms with Gasteiger partial charge < -0.3 is 14.4 Å². The molecule has 19 heavy (non-hydrogen) atoms. The molecule has 0 aliphatic carbocycles. The zero-order valence-electron chi connectivity index (χ0n) is 10.5. The molecule has 0 saturated carbocycles. The third-order valence-electron chi connectivity index (χ3n) is 2.56. The fourth-order valence-corrected chi connectivity index (χ4v) is 1.82. The number of hydrogen-bond acceptors (Lipinski definition) is 4. The summed E-state index contributed by atoms with van der Waals surface area (Å²) in [6.45, 7) is 1.92. The minimum Gasteiger partial charge on any atom is -0.478 e. The summed E-state index contributed by atoms with van der Waals surface area (Å²) in [6, 6.07) is 2.97. The van der Waals surface area contributed by atoms with Crippen LogP contribution in [0.1, 0.15) is 17.3 Å². The Labute approximate surface area is 108 Å². The van der Waals surface area contributed by atoms with Crippen LogP contribution in [-0.2, 0) is 11.8 Å². The fraction of sp³-hybridized carbons (Fsp3) is 0.250. The van der Waals surface area contributed by atoms with Crippen LogP contribution in [0.25, 0.3) is 11.0 Å². The second kappa shape index (κ2) is 4.97. The highest BCUT2D eigenvalue weighted by atomic mass is 16.5. The molecule has 0 bridgehead atoms. The second-order valence-electron chi connectivity index (χ2n) is 3.90. The molecule has 100 valence electrons. The number of nitrogens with one attached hydrogen (secondary N) is 1. The predicted octanol–water partition coefficient (Wildman–Crippen LogP) is 1.84. The van der Waals surface area contributed by atoms with Crippen molar-refractivity contribution in [3.05, 3.63) is 24.0 Å². The van der Waals surface area contributed by atoms with Gasteiger partial charge in [0.05, 0.1) is 29.5 Å². The van der Waals surface area contributed by atoms with Crippen LogP contribution in [0.5, 0.6) is 0 Å². The number of amides is 1. The van der Waals surface area contributed by atoms with Crippen LogP contribution in [0.2, 0.25) is 0 Å². The first-order valence-corrected chi connectivity index (χ1v) is 5.65. The molecule has 0 atom stereocenters. The van der Waals surface area contributed by atoms with Crippen LogP contribution in [-0.4, -0.2) is 33.3 Å². The van der Waals surface area contributed by atoms with Gasteiger partial charge in [-0.1, -0.05) is 0 Å². The van der Waals surface area contributed by atoms with E-state index in [1.165, 1.54) is 12.4 Å². The number of rotatable bonds is 3. The highest BCUT2D eigenvalue weighted by Crippen LogP contribution is 2.23. The molecule has 0 saturated heterocycles. The first kappa shape index (κ1) is 12.9. The number of aromatic carboxylic acids is 1. The lowest BCUT2D eigenvalue weighted by molar-refractivity contribution is 0.0698. The number of ether oxygens (including phenoxy) is 1. The minimum absolute atomic E-state index is 0.0734. The van der Waals surface area contributed by atoms with Gasteiger partial charge in [0.15, 0.2) is 0 Å². The van der Waals surface area contributed by atoms with Crippen molar-refractivity contribution in [2.24, 2.45) is 7.05 Å². The van der Waals surface area contributed by atoms with Crippen LogP contribution in [0.3, 0.4) is 0 Å². The van der Waals surface area contributed by atoms with E-state index in [0.29, 0.717) is 16.7 Å². The Kier molecular flexibility index (Phi) is 3.37. The summed E-state index contributed by atoms with van der Waals surface area (Å²) < 4.78 is 6.36. The number of hydrogen-bond donors (Lipinski definition) is 2. The molecule has 2 rings (SSSR count). The molecule has 0 fully saturated rings. The Morgan fingerprint density at radius 2 is 2.21 bits per heavy atom. The van der Waals surface area contributed by atoms with Gasteiger partial charge in [-0.05, 0) is 19.1 Å². The van der Waals surface area contributed by atoms with Crippen LogP contribution in [0.4, 0.5) is 10.5 Å². The smallest absolute Gasteiger partial charge is 0.411 e. The summed E-state index contributed by atoms with van der Waals surface area (Å²) in [5.74, 6) is -1.08. The van der Waals surface area contributed by atoms with Gasteiger partial charge in [0, 0.05) is 12.7 Å². The number of aromatic nitrogens is 2. The summed E-state index contributed by atoms with van der Waals surface area (Å²) in [5.41, 5.74) is 1.41. The number of carboxylic acid groups (broad SMARTS) is 1. The third kappa shape index (κ3) is 2.49. The number of carbonyl (C=O) groups is 2. The average molecular weight is 263 g/mol. The number of carbonyl (C=O) groups excluding carboxylic acids is 1. The van der Waals surface area contributed by atoms with Gasteiger partial charge in [-0.15, -0.1) is 0 Å². The van der Waals surface area contributed by atoms with Crippen molar-refractivity contribution < 1.29 is 19.4 Å². The van der Waals surface area contributed by atoms with Crippen LogP contribution in [0.15, 0.2) is 18.5 Å². The molecule has 0 aliphatic rings. The average Bonchev–Trinajstić information content (AvgIpc) is 2.70. The number of imidazole rings is 1. The van der Waals surface area contributed by atoms with Crippen LogP contribution in [0, 0.1) is 0 Å². The van der Waals surface area contributed by atoms with Crippen molar-refractivity contribution >= 4 is 28.8 Å². The molecule has 0 spiro atoms. The lowest BCUT2D eigenvalue weighted by Crippen LogP contribution is -2.14. The second-order valence-corrected chi connectivity index (χ2v) is 3.90. The maximum atomic E-state index is 11.3. The number of nitrogens with zero attached hydrogens (tertiary/aromatic N) is 2. The van der Waals surface area contributed by atoms with E-state index in [1.807, 2.05) is 0 Å². The van der Waals surface area contributed by atoms with E-state index >= 15 is 0 Å². The van der Waals surface area contributed by atoms with Gasteiger partial charge in [-0.3, -0.25) is 5.32 Å². The molecule has 0 unspecified atom stereocenters. The maximum absolute atomic E-state index is 11.3. The fourth-order valence-electron chi connectivity index (χ4n) is 1.82. The van der Waals surface area contributed by atoms with Gasteiger partial charge in [0.1, 0.15) is 0 Å². The van der Waals surface area contributed by atoms with Gasteiger partial charge in [-0.25, -0.2) is 14.6 Å². The van der Waals surface area contributed by atoms with Crippen molar-refractivity contribution in [2.75, 3.05) is 11.9 Å². The third-order valence-corrected chi connectivity index (χ3v) is 2.56. The van der Waals surface area contributed by atoms with E-state index in [4.69, 9.17) is 4.74 Å². The highest BCUT2D eigenvalue weighted by molar-refractivity contribution is 6.04. The Bertz CT molecular complexity index is 648. The first-order valence-electron chi connectivity index (χ1n) is 5.65. The van der Waals surface area contributed by atoms with E-state index in [0.717, 1.165) is 0 Å². The van der Waals surface area contributed by atoms with Crippen molar-refractivity contribution in [1.29, 1.82) is 0 Å². The lowest BCUT2D eigenvalue weighted by atomic mass is 10.1. The SMILES string of the molecule is CCOC(=O)Nc1cc(C(=O)O)c2c(c1)ncn2C. The first-order chi connectivity index (χ1) is 9.02. The summed E-state index contributed by atoms with van der Waals surface area (Å²) in [4.78, 5) is 26.7. The van der Waals surface area contributed by atoms with Crippen molar-refractivity contribution in [1.82, 2.24) is 9.55 Å². The molecule has 7 heteroatoms. The summed E-state index contributed by atoms with van der Waals surface area (Å²) in [6.07, 6.45) is 0.889. The summed E-state index contributed by atoms with van der Waals surface area (Å²) in [7, 11) is 1.71. The molecular weight excluding hydrogens is 250 g/mol. The molecule has 7 nitrogen and oxygen atoms in total. The van der Waals surface area contributed by atoms with Crippen LogP contribution < -0.4 is 5.32 Å². The van der Waals surface area contributed by atoms with Gasteiger partial charge in [-0.2, -0.15) is 0 Å². The number of anilines is 1. The number of fused-ring (bicyclic) bond motifs is 1. The van der Waals surface area contributed by atoms with E-state index in [1.54, 1.807) is 24.6 Å². The van der Waals surface area contributed by atoms with Gasteiger partial charge >= 0.3 is 12.1 Å². The molecule has 1 heterocycles. The zero-order chi connectivity index (χ0) is 14.0. The summed E-state index contributed by atoms with van der Waals surface area (Å²) in [5, 5.41) is 11.7. The molecule has 1 aromatic carbocycles.